The Morgan fingerprint density at radius 3 is 2.93 bits per heavy atom. The number of carbonyl (C=O) groups excluding carboxylic acids is 1. The van der Waals surface area contributed by atoms with Gasteiger partial charge in [-0.25, -0.2) is 4.39 Å². The summed E-state index contributed by atoms with van der Waals surface area (Å²) in [4.78, 5) is 17.9. The molecule has 1 aromatic carbocycles. The van der Waals surface area contributed by atoms with Crippen LogP contribution >= 0.6 is 0 Å². The molecule has 0 saturated carbocycles. The van der Waals surface area contributed by atoms with Gasteiger partial charge in [0.05, 0.1) is 5.71 Å². The maximum absolute atomic E-state index is 13.9. The number of pyridine rings is 1. The van der Waals surface area contributed by atoms with Crippen LogP contribution in [-0.2, 0) is 16.1 Å². The number of aromatic nitrogens is 3. The average molecular weight is 367 g/mol. The molecule has 3 aromatic rings. The minimum absolute atomic E-state index is 0.202. The van der Waals surface area contributed by atoms with Gasteiger partial charge in [0.1, 0.15) is 11.6 Å². The lowest BCUT2D eigenvalue weighted by molar-refractivity contribution is -0.141. The van der Waals surface area contributed by atoms with Crippen molar-refractivity contribution >= 4 is 17.3 Å². The van der Waals surface area contributed by atoms with Gasteiger partial charge in [-0.3, -0.25) is 9.20 Å². The Hall–Kier alpha value is -3.29. The van der Waals surface area contributed by atoms with E-state index < -0.39 is 5.60 Å². The quantitative estimate of drug-likeness (QED) is 0.749. The van der Waals surface area contributed by atoms with Crippen molar-refractivity contribution < 1.29 is 14.0 Å². The number of rotatable bonds is 5. The van der Waals surface area contributed by atoms with E-state index in [-0.39, 0.29) is 18.1 Å². The summed E-state index contributed by atoms with van der Waals surface area (Å²) in [5.74, 6) is 0.0706. The first-order valence-electron chi connectivity index (χ1n) is 8.64. The van der Waals surface area contributed by atoms with Gasteiger partial charge >= 0.3 is 0 Å². The normalized spacial score (nSPS) is 19.0. The zero-order valence-corrected chi connectivity index (χ0v) is 14.7. The maximum Gasteiger partial charge on any atom is 0.267 e. The van der Waals surface area contributed by atoms with Crippen LogP contribution in [-0.4, -0.2) is 38.4 Å². The molecule has 1 N–H and O–H groups in total. The molecule has 1 atom stereocenters. The van der Waals surface area contributed by atoms with E-state index in [9.17, 15) is 9.18 Å². The zero-order valence-electron chi connectivity index (χ0n) is 14.7. The number of nitrogens with one attached hydrogen (secondary N) is 1. The van der Waals surface area contributed by atoms with Crippen molar-refractivity contribution in [3.8, 4) is 0 Å². The summed E-state index contributed by atoms with van der Waals surface area (Å²) in [6.07, 6.45) is 2.60. The molecule has 2 aromatic heterocycles. The lowest BCUT2D eigenvalue weighted by Gasteiger charge is -2.20. The first-order valence-corrected chi connectivity index (χ1v) is 8.64. The summed E-state index contributed by atoms with van der Waals surface area (Å²) in [6, 6.07) is 12.0. The van der Waals surface area contributed by atoms with Crippen molar-refractivity contribution in [3.63, 3.8) is 0 Å². The fraction of sp³-hybridized carbons (Fsp3) is 0.263. The molecule has 1 aliphatic heterocycles. The minimum Gasteiger partial charge on any atom is -0.379 e. The Morgan fingerprint density at radius 1 is 1.26 bits per heavy atom. The van der Waals surface area contributed by atoms with E-state index in [0.717, 1.165) is 11.5 Å². The van der Waals surface area contributed by atoms with Gasteiger partial charge in [-0.15, -0.1) is 10.2 Å². The van der Waals surface area contributed by atoms with Crippen molar-refractivity contribution in [2.45, 2.75) is 25.4 Å². The molecule has 7 nitrogen and oxygen atoms in total. The SMILES string of the molecule is CC1(C(=O)NCCc2nnc3ccccn23)CC(c2ccccc2F)=NO1. The molecule has 1 unspecified atom stereocenters. The number of oxime groups is 1. The lowest BCUT2D eigenvalue weighted by Crippen LogP contribution is -2.45. The minimum atomic E-state index is -1.16. The standard InChI is InChI=1S/C19H18FN5O2/c1-19(12-15(24-27-19)13-6-2-3-7-14(13)20)18(26)21-10-9-17-23-22-16-8-4-5-11-25(16)17/h2-8,11H,9-10,12H2,1H3,(H,21,26). The van der Waals surface area contributed by atoms with E-state index in [4.69, 9.17) is 4.84 Å². The molecule has 4 rings (SSSR count). The number of fused-ring (bicyclic) bond motifs is 1. The second kappa shape index (κ2) is 6.79. The highest BCUT2D eigenvalue weighted by Crippen LogP contribution is 2.27. The molecule has 138 valence electrons. The third kappa shape index (κ3) is 3.25. The molecule has 0 fully saturated rings. The van der Waals surface area contributed by atoms with Gasteiger partial charge in [-0.1, -0.05) is 29.4 Å². The Kier molecular flexibility index (Phi) is 4.31. The second-order valence-electron chi connectivity index (χ2n) is 6.57. The summed E-state index contributed by atoms with van der Waals surface area (Å²) in [7, 11) is 0. The van der Waals surface area contributed by atoms with E-state index in [0.29, 0.717) is 24.2 Å². The number of hydrogen-bond acceptors (Lipinski definition) is 5. The second-order valence-corrected chi connectivity index (χ2v) is 6.57. The van der Waals surface area contributed by atoms with Crippen LogP contribution in [0.25, 0.3) is 5.65 Å². The highest BCUT2D eigenvalue weighted by molar-refractivity contribution is 6.05. The number of nitrogens with zero attached hydrogens (tertiary/aromatic N) is 4. The molecule has 0 bridgehead atoms. The summed E-state index contributed by atoms with van der Waals surface area (Å²) < 4.78 is 15.8. The topological polar surface area (TPSA) is 80.9 Å². The number of carbonyl (C=O) groups is 1. The molecular formula is C19H18FN5O2. The fourth-order valence-corrected chi connectivity index (χ4v) is 3.04. The van der Waals surface area contributed by atoms with E-state index >= 15 is 0 Å². The van der Waals surface area contributed by atoms with E-state index in [1.165, 1.54) is 6.07 Å². The summed E-state index contributed by atoms with van der Waals surface area (Å²) in [5, 5.41) is 15.0. The molecule has 8 heteroatoms. The van der Waals surface area contributed by atoms with Gasteiger partial charge in [0.2, 0.25) is 5.60 Å². The fourth-order valence-electron chi connectivity index (χ4n) is 3.04. The molecule has 0 aliphatic carbocycles. The highest BCUT2D eigenvalue weighted by Gasteiger charge is 2.42. The van der Waals surface area contributed by atoms with Crippen molar-refractivity contribution in [1.29, 1.82) is 0 Å². The van der Waals surface area contributed by atoms with Gasteiger partial charge in [-0.05, 0) is 25.1 Å². The third-order valence-electron chi connectivity index (χ3n) is 4.55. The smallest absolute Gasteiger partial charge is 0.267 e. The van der Waals surface area contributed by atoms with Crippen LogP contribution in [0.5, 0.6) is 0 Å². The first kappa shape index (κ1) is 17.1. The largest absolute Gasteiger partial charge is 0.379 e. The van der Waals surface area contributed by atoms with Gasteiger partial charge in [0.25, 0.3) is 5.91 Å². The summed E-state index contributed by atoms with van der Waals surface area (Å²) >= 11 is 0. The van der Waals surface area contributed by atoms with Crippen LogP contribution in [0.2, 0.25) is 0 Å². The number of benzene rings is 1. The first-order chi connectivity index (χ1) is 13.1. The van der Waals surface area contributed by atoms with Crippen LogP contribution in [0, 0.1) is 5.82 Å². The van der Waals surface area contributed by atoms with Crippen LogP contribution < -0.4 is 5.32 Å². The molecule has 1 aliphatic rings. The Morgan fingerprint density at radius 2 is 2.07 bits per heavy atom. The van der Waals surface area contributed by atoms with Gasteiger partial charge in [0, 0.05) is 31.1 Å². The molecule has 3 heterocycles. The van der Waals surface area contributed by atoms with Crippen molar-refractivity contribution in [2.75, 3.05) is 6.54 Å². The summed E-state index contributed by atoms with van der Waals surface area (Å²) in [6.45, 7) is 2.02. The molecule has 1 amide bonds. The molecule has 0 radical (unpaired) electrons. The predicted molar refractivity (Wildman–Crippen MR) is 96.7 cm³/mol. The van der Waals surface area contributed by atoms with E-state index in [1.54, 1.807) is 25.1 Å². The van der Waals surface area contributed by atoms with Gasteiger partial charge in [-0.2, -0.15) is 0 Å². The molecular weight excluding hydrogens is 349 g/mol. The van der Waals surface area contributed by atoms with Crippen molar-refractivity contribution in [2.24, 2.45) is 5.16 Å². The Balaban J connectivity index is 1.37. The van der Waals surface area contributed by atoms with E-state index in [1.807, 2.05) is 28.8 Å². The Bertz CT molecular complexity index is 1030. The number of amides is 1. The van der Waals surface area contributed by atoms with Crippen LogP contribution in [0.3, 0.4) is 0 Å². The zero-order chi connectivity index (χ0) is 18.9. The van der Waals surface area contributed by atoms with Crippen molar-refractivity contribution in [1.82, 2.24) is 19.9 Å². The van der Waals surface area contributed by atoms with Crippen LogP contribution in [0.15, 0.2) is 53.8 Å². The van der Waals surface area contributed by atoms with Crippen LogP contribution in [0.1, 0.15) is 24.7 Å². The maximum atomic E-state index is 13.9. The summed E-state index contributed by atoms with van der Waals surface area (Å²) in [5.41, 5.74) is 0.371. The Labute approximate surface area is 154 Å². The average Bonchev–Trinajstić information content (AvgIpc) is 3.27. The number of halogens is 1. The lowest BCUT2D eigenvalue weighted by atomic mass is 9.95. The highest BCUT2D eigenvalue weighted by atomic mass is 19.1. The molecule has 27 heavy (non-hydrogen) atoms. The van der Waals surface area contributed by atoms with Gasteiger partial charge < -0.3 is 10.2 Å². The molecule has 0 spiro atoms. The predicted octanol–water partition coefficient (Wildman–Crippen LogP) is 2.11. The monoisotopic (exact) mass is 367 g/mol. The number of hydrogen-bond donors (Lipinski definition) is 1. The molecule has 0 saturated heterocycles. The van der Waals surface area contributed by atoms with E-state index in [2.05, 4.69) is 20.7 Å². The van der Waals surface area contributed by atoms with Crippen LogP contribution in [0.4, 0.5) is 4.39 Å². The van der Waals surface area contributed by atoms with Gasteiger partial charge in [0.15, 0.2) is 5.65 Å². The third-order valence-corrected chi connectivity index (χ3v) is 4.55. The van der Waals surface area contributed by atoms with Crippen molar-refractivity contribution in [3.05, 3.63) is 65.9 Å².